The maximum atomic E-state index is 11.9. The van der Waals surface area contributed by atoms with E-state index in [4.69, 9.17) is 0 Å². The Morgan fingerprint density at radius 1 is 1.14 bits per heavy atom. The van der Waals surface area contributed by atoms with Crippen molar-refractivity contribution in [3.8, 4) is 0 Å². The number of carbonyl (C=O) groups excluding carboxylic acids is 2. The smallest absolute Gasteiger partial charge is 0.252 e. The molecule has 0 aromatic carbocycles. The molecule has 2 aromatic rings. The Balaban J connectivity index is 1.85. The van der Waals surface area contributed by atoms with Crippen LogP contribution in [0, 0.1) is 0 Å². The number of amides is 2. The standard InChI is InChI=1S/C16H18N4O2/c1-13(21)20(12-14-4-2-6-17-10-14)9-8-19-16(22)15-5-3-7-18-11-15/h2-7,10-11H,8-9,12H2,1H3,(H,19,22). The highest BCUT2D eigenvalue weighted by Crippen LogP contribution is 2.03. The zero-order valence-corrected chi connectivity index (χ0v) is 12.4. The van der Waals surface area contributed by atoms with Crippen molar-refractivity contribution in [2.45, 2.75) is 13.5 Å². The fourth-order valence-corrected chi connectivity index (χ4v) is 1.96. The Kier molecular flexibility index (Phi) is 5.59. The molecule has 0 radical (unpaired) electrons. The maximum Gasteiger partial charge on any atom is 0.252 e. The van der Waals surface area contributed by atoms with Crippen molar-refractivity contribution in [2.75, 3.05) is 13.1 Å². The van der Waals surface area contributed by atoms with Gasteiger partial charge in [0.15, 0.2) is 0 Å². The van der Waals surface area contributed by atoms with E-state index in [9.17, 15) is 9.59 Å². The molecule has 2 amide bonds. The molecule has 22 heavy (non-hydrogen) atoms. The first-order valence-electron chi connectivity index (χ1n) is 6.99. The molecule has 0 unspecified atom stereocenters. The van der Waals surface area contributed by atoms with E-state index in [1.54, 1.807) is 35.6 Å². The van der Waals surface area contributed by atoms with Gasteiger partial charge in [0, 0.05) is 51.3 Å². The Morgan fingerprint density at radius 2 is 1.86 bits per heavy atom. The van der Waals surface area contributed by atoms with Crippen molar-refractivity contribution >= 4 is 11.8 Å². The van der Waals surface area contributed by atoms with Gasteiger partial charge in [-0.3, -0.25) is 19.6 Å². The van der Waals surface area contributed by atoms with Gasteiger partial charge < -0.3 is 10.2 Å². The molecule has 0 fully saturated rings. The Bertz CT molecular complexity index is 617. The van der Waals surface area contributed by atoms with E-state index >= 15 is 0 Å². The third-order valence-electron chi connectivity index (χ3n) is 3.13. The molecule has 0 atom stereocenters. The lowest BCUT2D eigenvalue weighted by atomic mass is 10.2. The summed E-state index contributed by atoms with van der Waals surface area (Å²) in [5, 5.41) is 2.78. The molecule has 0 aliphatic rings. The summed E-state index contributed by atoms with van der Waals surface area (Å²) < 4.78 is 0. The highest BCUT2D eigenvalue weighted by molar-refractivity contribution is 5.93. The Labute approximate surface area is 129 Å². The first kappa shape index (κ1) is 15.6. The van der Waals surface area contributed by atoms with Crippen LogP contribution in [0.2, 0.25) is 0 Å². The number of nitrogens with one attached hydrogen (secondary N) is 1. The van der Waals surface area contributed by atoms with Gasteiger partial charge in [-0.25, -0.2) is 0 Å². The molecule has 0 saturated heterocycles. The van der Waals surface area contributed by atoms with E-state index in [1.165, 1.54) is 13.1 Å². The lowest BCUT2D eigenvalue weighted by Gasteiger charge is -2.21. The van der Waals surface area contributed by atoms with E-state index in [-0.39, 0.29) is 11.8 Å². The second kappa shape index (κ2) is 7.87. The molecule has 0 aliphatic heterocycles. The Hall–Kier alpha value is -2.76. The van der Waals surface area contributed by atoms with Crippen molar-refractivity contribution in [2.24, 2.45) is 0 Å². The van der Waals surface area contributed by atoms with Crippen LogP contribution in [0.1, 0.15) is 22.8 Å². The van der Waals surface area contributed by atoms with Crippen LogP contribution >= 0.6 is 0 Å². The van der Waals surface area contributed by atoms with E-state index in [0.29, 0.717) is 25.2 Å². The van der Waals surface area contributed by atoms with Gasteiger partial charge in [-0.05, 0) is 23.8 Å². The minimum absolute atomic E-state index is 0.0421. The van der Waals surface area contributed by atoms with Crippen LogP contribution < -0.4 is 5.32 Å². The molecule has 6 nitrogen and oxygen atoms in total. The maximum absolute atomic E-state index is 11.9. The number of aromatic nitrogens is 2. The van der Waals surface area contributed by atoms with Crippen LogP contribution in [0.4, 0.5) is 0 Å². The first-order chi connectivity index (χ1) is 10.7. The van der Waals surface area contributed by atoms with E-state index in [0.717, 1.165) is 5.56 Å². The van der Waals surface area contributed by atoms with E-state index in [1.807, 2.05) is 12.1 Å². The second-order valence-electron chi connectivity index (χ2n) is 4.80. The van der Waals surface area contributed by atoms with Gasteiger partial charge in [0.25, 0.3) is 5.91 Å². The molecule has 1 N–H and O–H groups in total. The molecule has 2 rings (SSSR count). The SMILES string of the molecule is CC(=O)N(CCNC(=O)c1cccnc1)Cc1cccnc1. The summed E-state index contributed by atoms with van der Waals surface area (Å²) in [5.41, 5.74) is 1.46. The monoisotopic (exact) mass is 298 g/mol. The Morgan fingerprint density at radius 3 is 2.45 bits per heavy atom. The second-order valence-corrected chi connectivity index (χ2v) is 4.80. The largest absolute Gasteiger partial charge is 0.350 e. The van der Waals surface area contributed by atoms with Gasteiger partial charge in [-0.1, -0.05) is 6.07 Å². The third kappa shape index (κ3) is 4.66. The fourth-order valence-electron chi connectivity index (χ4n) is 1.96. The van der Waals surface area contributed by atoms with Gasteiger partial charge in [-0.15, -0.1) is 0 Å². The fraction of sp³-hybridized carbons (Fsp3) is 0.250. The topological polar surface area (TPSA) is 75.2 Å². The zero-order chi connectivity index (χ0) is 15.8. The molecule has 0 saturated carbocycles. The summed E-state index contributed by atoms with van der Waals surface area (Å²) in [6, 6.07) is 7.15. The quantitative estimate of drug-likeness (QED) is 0.871. The third-order valence-corrected chi connectivity index (χ3v) is 3.13. The molecule has 114 valence electrons. The van der Waals surface area contributed by atoms with Gasteiger partial charge in [-0.2, -0.15) is 0 Å². The lowest BCUT2D eigenvalue weighted by Crippen LogP contribution is -2.37. The van der Waals surface area contributed by atoms with Crippen LogP contribution in [0.25, 0.3) is 0 Å². The number of nitrogens with zero attached hydrogens (tertiary/aromatic N) is 3. The summed E-state index contributed by atoms with van der Waals surface area (Å²) in [7, 11) is 0. The highest BCUT2D eigenvalue weighted by Gasteiger charge is 2.10. The van der Waals surface area contributed by atoms with Crippen molar-refractivity contribution < 1.29 is 9.59 Å². The minimum atomic E-state index is -0.196. The zero-order valence-electron chi connectivity index (χ0n) is 12.4. The molecule has 0 bridgehead atoms. The number of hydrogen-bond acceptors (Lipinski definition) is 4. The number of rotatable bonds is 6. The van der Waals surface area contributed by atoms with Gasteiger partial charge in [0.1, 0.15) is 0 Å². The highest BCUT2D eigenvalue weighted by atomic mass is 16.2. The van der Waals surface area contributed by atoms with Crippen molar-refractivity contribution in [3.63, 3.8) is 0 Å². The molecule has 0 spiro atoms. The predicted octanol–water partition coefficient (Wildman–Crippen LogP) is 1.26. The van der Waals surface area contributed by atoms with Crippen molar-refractivity contribution in [1.29, 1.82) is 0 Å². The van der Waals surface area contributed by atoms with Crippen LogP contribution in [-0.4, -0.2) is 39.8 Å². The average Bonchev–Trinajstić information content (AvgIpc) is 2.55. The summed E-state index contributed by atoms with van der Waals surface area (Å²) in [4.78, 5) is 33.2. The van der Waals surface area contributed by atoms with Crippen LogP contribution in [0.15, 0.2) is 49.1 Å². The normalized spacial score (nSPS) is 10.0. The van der Waals surface area contributed by atoms with Crippen molar-refractivity contribution in [1.82, 2.24) is 20.2 Å². The first-order valence-corrected chi connectivity index (χ1v) is 6.99. The number of carbonyl (C=O) groups is 2. The minimum Gasteiger partial charge on any atom is -0.350 e. The number of pyridine rings is 2. The summed E-state index contributed by atoms with van der Waals surface area (Å²) in [6.45, 7) is 2.81. The van der Waals surface area contributed by atoms with Crippen LogP contribution in [-0.2, 0) is 11.3 Å². The molecule has 0 aliphatic carbocycles. The average molecular weight is 298 g/mol. The number of hydrogen-bond donors (Lipinski definition) is 1. The molecule has 2 heterocycles. The summed E-state index contributed by atoms with van der Waals surface area (Å²) in [6.07, 6.45) is 6.54. The lowest BCUT2D eigenvalue weighted by molar-refractivity contribution is -0.129. The molecule has 6 heteroatoms. The van der Waals surface area contributed by atoms with Gasteiger partial charge in [0.2, 0.25) is 5.91 Å². The van der Waals surface area contributed by atoms with Gasteiger partial charge in [0.05, 0.1) is 5.56 Å². The molecule has 2 aromatic heterocycles. The van der Waals surface area contributed by atoms with Gasteiger partial charge >= 0.3 is 0 Å². The predicted molar refractivity (Wildman–Crippen MR) is 81.9 cm³/mol. The van der Waals surface area contributed by atoms with E-state index in [2.05, 4.69) is 15.3 Å². The summed E-state index contributed by atoms with van der Waals surface area (Å²) in [5.74, 6) is -0.238. The molecular weight excluding hydrogens is 280 g/mol. The van der Waals surface area contributed by atoms with Crippen molar-refractivity contribution in [3.05, 3.63) is 60.2 Å². The molecular formula is C16H18N4O2. The summed E-state index contributed by atoms with van der Waals surface area (Å²) >= 11 is 0. The van der Waals surface area contributed by atoms with Crippen LogP contribution in [0.5, 0.6) is 0 Å². The van der Waals surface area contributed by atoms with Crippen LogP contribution in [0.3, 0.4) is 0 Å². The van der Waals surface area contributed by atoms with E-state index < -0.39 is 0 Å².